The van der Waals surface area contributed by atoms with E-state index < -0.39 is 0 Å². The van der Waals surface area contributed by atoms with Crippen molar-refractivity contribution in [3.05, 3.63) is 41.2 Å². The Morgan fingerprint density at radius 3 is 2.71 bits per heavy atom. The first-order valence-electron chi connectivity index (χ1n) is 5.01. The molecule has 0 amide bonds. The average Bonchev–Trinajstić information content (AvgIpc) is 2.32. The van der Waals surface area contributed by atoms with Gasteiger partial charge in [-0.3, -0.25) is 0 Å². The SMILES string of the molecule is Cc1c(NN)ncnc1Nc1cccc(Cl)c1. The van der Waals surface area contributed by atoms with Gasteiger partial charge in [0.2, 0.25) is 0 Å². The lowest BCUT2D eigenvalue weighted by molar-refractivity contribution is 1.11. The summed E-state index contributed by atoms with van der Waals surface area (Å²) in [5.41, 5.74) is 4.22. The predicted molar refractivity (Wildman–Crippen MR) is 69.3 cm³/mol. The fraction of sp³-hybridized carbons (Fsp3) is 0.0909. The predicted octanol–water partition coefficient (Wildman–Crippen LogP) is 2.47. The second-order valence-corrected chi connectivity index (χ2v) is 3.91. The van der Waals surface area contributed by atoms with E-state index in [1.807, 2.05) is 31.2 Å². The van der Waals surface area contributed by atoms with Crippen LogP contribution >= 0.6 is 11.6 Å². The van der Waals surface area contributed by atoms with Crippen LogP contribution in [-0.2, 0) is 0 Å². The number of nitrogens with two attached hydrogens (primary N) is 1. The monoisotopic (exact) mass is 249 g/mol. The number of hydrazine groups is 1. The van der Waals surface area contributed by atoms with Gasteiger partial charge >= 0.3 is 0 Å². The van der Waals surface area contributed by atoms with Crippen molar-refractivity contribution in [1.29, 1.82) is 0 Å². The maximum Gasteiger partial charge on any atom is 0.148 e. The van der Waals surface area contributed by atoms with Crippen LogP contribution in [0.2, 0.25) is 5.02 Å². The van der Waals surface area contributed by atoms with Gasteiger partial charge in [-0.15, -0.1) is 0 Å². The molecule has 4 N–H and O–H groups in total. The molecule has 2 aromatic rings. The number of aromatic nitrogens is 2. The van der Waals surface area contributed by atoms with E-state index in [1.165, 1.54) is 6.33 Å². The van der Waals surface area contributed by atoms with Crippen LogP contribution in [0.5, 0.6) is 0 Å². The molecule has 0 radical (unpaired) electrons. The fourth-order valence-electron chi connectivity index (χ4n) is 1.42. The molecule has 0 aliphatic heterocycles. The first kappa shape index (κ1) is 11.6. The van der Waals surface area contributed by atoms with Gasteiger partial charge < -0.3 is 10.7 Å². The second kappa shape index (κ2) is 4.99. The zero-order chi connectivity index (χ0) is 12.3. The summed E-state index contributed by atoms with van der Waals surface area (Å²) in [7, 11) is 0. The largest absolute Gasteiger partial charge is 0.340 e. The number of rotatable bonds is 3. The van der Waals surface area contributed by atoms with Crippen LogP contribution in [0.1, 0.15) is 5.56 Å². The van der Waals surface area contributed by atoms with Crippen molar-refractivity contribution in [2.45, 2.75) is 6.92 Å². The molecule has 0 unspecified atom stereocenters. The highest BCUT2D eigenvalue weighted by Gasteiger charge is 2.05. The number of hydrogen-bond acceptors (Lipinski definition) is 5. The van der Waals surface area contributed by atoms with Gasteiger partial charge in [0, 0.05) is 16.3 Å². The summed E-state index contributed by atoms with van der Waals surface area (Å²) in [5.74, 6) is 6.63. The van der Waals surface area contributed by atoms with Crippen LogP contribution in [0.15, 0.2) is 30.6 Å². The van der Waals surface area contributed by atoms with Crippen molar-refractivity contribution < 1.29 is 0 Å². The van der Waals surface area contributed by atoms with E-state index in [2.05, 4.69) is 20.7 Å². The molecular formula is C11H12ClN5. The van der Waals surface area contributed by atoms with Crippen LogP contribution < -0.4 is 16.6 Å². The van der Waals surface area contributed by atoms with E-state index >= 15 is 0 Å². The topological polar surface area (TPSA) is 75.9 Å². The Balaban J connectivity index is 2.30. The molecule has 88 valence electrons. The number of anilines is 3. The highest BCUT2D eigenvalue weighted by atomic mass is 35.5. The highest BCUT2D eigenvalue weighted by Crippen LogP contribution is 2.23. The van der Waals surface area contributed by atoms with Gasteiger partial charge in [-0.25, -0.2) is 15.8 Å². The lowest BCUT2D eigenvalue weighted by Crippen LogP contribution is -2.11. The van der Waals surface area contributed by atoms with Gasteiger partial charge in [0.15, 0.2) is 0 Å². The van der Waals surface area contributed by atoms with Gasteiger partial charge in [0.05, 0.1) is 0 Å². The molecule has 2 rings (SSSR count). The first-order valence-corrected chi connectivity index (χ1v) is 5.39. The number of nitrogen functional groups attached to an aromatic ring is 1. The number of benzene rings is 1. The van der Waals surface area contributed by atoms with Crippen molar-refractivity contribution in [1.82, 2.24) is 9.97 Å². The lowest BCUT2D eigenvalue weighted by Gasteiger charge is -2.10. The molecule has 5 nitrogen and oxygen atoms in total. The third-order valence-electron chi connectivity index (χ3n) is 2.31. The molecule has 1 aromatic carbocycles. The Labute approximate surface area is 104 Å². The van der Waals surface area contributed by atoms with Crippen LogP contribution in [-0.4, -0.2) is 9.97 Å². The van der Waals surface area contributed by atoms with Crippen molar-refractivity contribution in [2.75, 3.05) is 10.7 Å². The molecular weight excluding hydrogens is 238 g/mol. The van der Waals surface area contributed by atoms with Crippen molar-refractivity contribution in [3.63, 3.8) is 0 Å². The minimum atomic E-state index is 0.588. The van der Waals surface area contributed by atoms with E-state index in [0.29, 0.717) is 16.7 Å². The van der Waals surface area contributed by atoms with E-state index in [1.54, 1.807) is 0 Å². The zero-order valence-electron chi connectivity index (χ0n) is 9.24. The van der Waals surface area contributed by atoms with Crippen LogP contribution in [0.25, 0.3) is 0 Å². The molecule has 0 atom stereocenters. The van der Waals surface area contributed by atoms with Crippen molar-refractivity contribution >= 4 is 28.9 Å². The minimum absolute atomic E-state index is 0.588. The maximum absolute atomic E-state index is 5.90. The maximum atomic E-state index is 5.90. The Bertz CT molecular complexity index is 529. The Hall–Kier alpha value is -1.85. The molecule has 0 saturated carbocycles. The Morgan fingerprint density at radius 1 is 1.24 bits per heavy atom. The summed E-state index contributed by atoms with van der Waals surface area (Å²) >= 11 is 5.90. The van der Waals surface area contributed by atoms with Gasteiger partial charge in [-0.05, 0) is 25.1 Å². The molecule has 0 saturated heterocycles. The molecule has 17 heavy (non-hydrogen) atoms. The highest BCUT2D eigenvalue weighted by molar-refractivity contribution is 6.30. The van der Waals surface area contributed by atoms with E-state index in [-0.39, 0.29) is 0 Å². The molecule has 0 bridgehead atoms. The molecule has 0 aliphatic rings. The fourth-order valence-corrected chi connectivity index (χ4v) is 1.61. The summed E-state index contributed by atoms with van der Waals surface area (Å²) in [5, 5.41) is 3.82. The van der Waals surface area contributed by atoms with Crippen LogP contribution in [0, 0.1) is 6.92 Å². The van der Waals surface area contributed by atoms with E-state index in [4.69, 9.17) is 17.4 Å². The molecule has 0 fully saturated rings. The molecule has 1 heterocycles. The zero-order valence-corrected chi connectivity index (χ0v) is 9.99. The van der Waals surface area contributed by atoms with Crippen molar-refractivity contribution in [2.24, 2.45) is 5.84 Å². The second-order valence-electron chi connectivity index (χ2n) is 3.48. The lowest BCUT2D eigenvalue weighted by atomic mass is 10.3. The van der Waals surface area contributed by atoms with Crippen LogP contribution in [0.4, 0.5) is 17.3 Å². The Morgan fingerprint density at radius 2 is 2.00 bits per heavy atom. The first-order chi connectivity index (χ1) is 8.20. The average molecular weight is 250 g/mol. The summed E-state index contributed by atoms with van der Waals surface area (Å²) < 4.78 is 0. The minimum Gasteiger partial charge on any atom is -0.340 e. The molecule has 1 aromatic heterocycles. The summed E-state index contributed by atoms with van der Waals surface area (Å²) in [4.78, 5) is 8.15. The number of nitrogens with zero attached hydrogens (tertiary/aromatic N) is 2. The van der Waals surface area contributed by atoms with Gasteiger partial charge in [0.1, 0.15) is 18.0 Å². The Kier molecular flexibility index (Phi) is 3.41. The summed E-state index contributed by atoms with van der Waals surface area (Å²) in [6, 6.07) is 7.40. The van der Waals surface area contributed by atoms with Crippen LogP contribution in [0.3, 0.4) is 0 Å². The molecule has 0 aliphatic carbocycles. The van der Waals surface area contributed by atoms with E-state index in [0.717, 1.165) is 11.3 Å². The quantitative estimate of drug-likeness (QED) is 0.576. The number of hydrogen-bond donors (Lipinski definition) is 3. The third-order valence-corrected chi connectivity index (χ3v) is 2.54. The smallest absolute Gasteiger partial charge is 0.148 e. The van der Waals surface area contributed by atoms with Gasteiger partial charge in [0.25, 0.3) is 0 Å². The summed E-state index contributed by atoms with van der Waals surface area (Å²) in [6.45, 7) is 1.88. The number of halogens is 1. The van der Waals surface area contributed by atoms with Crippen molar-refractivity contribution in [3.8, 4) is 0 Å². The van der Waals surface area contributed by atoms with E-state index in [9.17, 15) is 0 Å². The standard InChI is InChI=1S/C11H12ClN5/c1-7-10(14-6-15-11(7)17-13)16-9-4-2-3-8(12)5-9/h2-6H,13H2,1H3,(H2,14,15,16,17). The van der Waals surface area contributed by atoms with Gasteiger partial charge in [-0.2, -0.15) is 0 Å². The third kappa shape index (κ3) is 2.64. The molecule has 6 heteroatoms. The summed E-state index contributed by atoms with van der Waals surface area (Å²) in [6.07, 6.45) is 1.44. The number of nitrogens with one attached hydrogen (secondary N) is 2. The van der Waals surface area contributed by atoms with Gasteiger partial charge in [-0.1, -0.05) is 17.7 Å². The molecule has 0 spiro atoms. The normalized spacial score (nSPS) is 10.1.